The van der Waals surface area contributed by atoms with E-state index in [1.54, 1.807) is 0 Å². The van der Waals surface area contributed by atoms with Gasteiger partial charge in [-0.1, -0.05) is 83.1 Å². The number of aryl methyl sites for hydroxylation is 7. The quantitative estimate of drug-likeness (QED) is 0.167. The number of hydrogen-bond donors (Lipinski definition) is 0. The van der Waals surface area contributed by atoms with E-state index in [1.807, 2.05) is 88.3 Å². The van der Waals surface area contributed by atoms with E-state index in [2.05, 4.69) is 128 Å². The van der Waals surface area contributed by atoms with Gasteiger partial charge in [0.05, 0.1) is 0 Å². The molecular weight excluding hydrogens is 724 g/mol. The van der Waals surface area contributed by atoms with E-state index in [1.165, 1.54) is 11.1 Å². The van der Waals surface area contributed by atoms with Crippen LogP contribution in [0.1, 0.15) is 95.1 Å². The molecule has 5 aromatic rings. The predicted octanol–water partition coefficient (Wildman–Crippen LogP) is 12.0. The van der Waals surface area contributed by atoms with Crippen LogP contribution in [0.2, 0.25) is 0 Å². The summed E-state index contributed by atoms with van der Waals surface area (Å²) in [6, 6.07) is 37.8. The van der Waals surface area contributed by atoms with E-state index in [-0.39, 0.29) is 65.4 Å². The van der Waals surface area contributed by atoms with Gasteiger partial charge in [0.2, 0.25) is 0 Å². The standard InChI is InChI=1S/2C14H12.C6H9N3.4C2H6.2Y/c1-11-3-7-13(8-4-11)14-9-5-12(2)6-10-14;1-11-5-3-7-13(9-11)14-8-4-6-12(2)10-14;1-4-7-5(2)9-6(3)8-4;4*1-2;;/h3-7,9H,1-2H3;3-8H,1-2H3;1-3H3;4*1-2H3;;/q2*-2;;;;;;;. The van der Waals surface area contributed by atoms with E-state index in [9.17, 15) is 0 Å². The van der Waals surface area contributed by atoms with Crippen molar-refractivity contribution in [3.8, 4) is 22.3 Å². The molecule has 0 N–H and O–H groups in total. The van der Waals surface area contributed by atoms with Crippen LogP contribution in [-0.2, 0) is 65.4 Å². The zero-order valence-electron chi connectivity index (χ0n) is 31.9. The first-order chi connectivity index (χ1) is 21.7. The number of aromatic nitrogens is 3. The summed E-state index contributed by atoms with van der Waals surface area (Å²) in [5.74, 6) is 2.38. The maximum absolute atomic E-state index is 4.01. The molecule has 0 spiro atoms. The van der Waals surface area contributed by atoms with Crippen molar-refractivity contribution in [2.45, 2.75) is 104 Å². The fourth-order valence-electron chi connectivity index (χ4n) is 3.60. The van der Waals surface area contributed by atoms with E-state index >= 15 is 0 Å². The van der Waals surface area contributed by atoms with Gasteiger partial charge in [0.1, 0.15) is 17.5 Å². The zero-order valence-corrected chi connectivity index (χ0v) is 37.6. The van der Waals surface area contributed by atoms with E-state index in [0.717, 1.165) is 50.9 Å². The molecule has 0 saturated heterocycles. The molecule has 0 aliphatic carbocycles. The van der Waals surface area contributed by atoms with Crippen LogP contribution >= 0.6 is 0 Å². The van der Waals surface area contributed by atoms with Gasteiger partial charge in [-0.15, -0.1) is 34.4 Å². The maximum Gasteiger partial charge on any atom is 0.129 e. The zero-order chi connectivity index (χ0) is 34.8. The van der Waals surface area contributed by atoms with Crippen LogP contribution in [0.15, 0.2) is 72.8 Å². The Balaban J connectivity index is -0.000000265. The molecule has 4 aromatic carbocycles. The second-order valence-corrected chi connectivity index (χ2v) is 9.03. The fourth-order valence-corrected chi connectivity index (χ4v) is 3.60. The first-order valence-electron chi connectivity index (χ1n) is 16.3. The molecule has 0 bridgehead atoms. The van der Waals surface area contributed by atoms with Crippen LogP contribution in [0.3, 0.4) is 0 Å². The SMILES string of the molecule is CC.CC.CC.CC.Cc1[c-]c(-c2[c-]c(C)ccc2)ccc1.Cc1c[c-]c(-c2[c-]cc(C)cc2)cc1.Cc1nc(C)nc(C)n1.[Y].[Y]. The fraction of sp³-hybridized carbons (Fsp3) is 0.357. The number of nitrogens with zero attached hydrogens (tertiary/aromatic N) is 3. The first-order valence-corrected chi connectivity index (χ1v) is 16.3. The minimum atomic E-state index is 0. The Bertz CT molecular complexity index is 1290. The second-order valence-electron chi connectivity index (χ2n) is 9.03. The summed E-state index contributed by atoms with van der Waals surface area (Å²) in [6.45, 7) is 29.8. The third kappa shape index (κ3) is 23.2. The topological polar surface area (TPSA) is 38.7 Å². The molecule has 2 radical (unpaired) electrons. The van der Waals surface area contributed by atoms with E-state index < -0.39 is 0 Å². The smallest absolute Gasteiger partial charge is 0.129 e. The normalized spacial score (nSPS) is 8.40. The Hall–Kier alpha value is -1.90. The Labute approximate surface area is 340 Å². The summed E-state index contributed by atoms with van der Waals surface area (Å²) in [6.07, 6.45) is 0. The molecule has 3 nitrogen and oxygen atoms in total. The minimum Gasteiger partial charge on any atom is -0.226 e. The van der Waals surface area contributed by atoms with Crippen LogP contribution in [0.5, 0.6) is 0 Å². The third-order valence-corrected chi connectivity index (χ3v) is 5.37. The van der Waals surface area contributed by atoms with E-state index in [0.29, 0.717) is 0 Å². The summed E-state index contributed by atoms with van der Waals surface area (Å²) in [4.78, 5) is 12.0. The van der Waals surface area contributed by atoms with Gasteiger partial charge in [-0.05, 0) is 20.8 Å². The second kappa shape index (κ2) is 32.6. The summed E-state index contributed by atoms with van der Waals surface area (Å²) < 4.78 is 0. The van der Waals surface area contributed by atoms with Gasteiger partial charge < -0.3 is 0 Å². The minimum absolute atomic E-state index is 0. The van der Waals surface area contributed by atoms with Crippen LogP contribution in [-0.4, -0.2) is 15.0 Å². The van der Waals surface area contributed by atoms with Gasteiger partial charge in [-0.25, -0.2) is 37.2 Å². The number of benzene rings is 4. The summed E-state index contributed by atoms with van der Waals surface area (Å²) >= 11 is 0. The van der Waals surface area contributed by atoms with Gasteiger partial charge >= 0.3 is 0 Å². The van der Waals surface area contributed by atoms with Crippen molar-refractivity contribution in [1.29, 1.82) is 0 Å². The molecule has 0 aliphatic heterocycles. The molecule has 0 aliphatic rings. The van der Waals surface area contributed by atoms with Gasteiger partial charge in [0.25, 0.3) is 0 Å². The van der Waals surface area contributed by atoms with Crippen molar-refractivity contribution in [2.24, 2.45) is 0 Å². The van der Waals surface area contributed by atoms with Crippen molar-refractivity contribution in [3.05, 3.63) is 137 Å². The third-order valence-electron chi connectivity index (χ3n) is 5.37. The molecule has 0 saturated carbocycles. The number of rotatable bonds is 2. The molecule has 1 heterocycles. The van der Waals surface area contributed by atoms with Crippen molar-refractivity contribution < 1.29 is 65.4 Å². The summed E-state index contributed by atoms with van der Waals surface area (Å²) in [7, 11) is 0. The van der Waals surface area contributed by atoms with Gasteiger partial charge in [-0.2, -0.15) is 84.9 Å². The maximum atomic E-state index is 4.01. The summed E-state index contributed by atoms with van der Waals surface area (Å²) in [5, 5.41) is 0. The number of hydrogen-bond acceptors (Lipinski definition) is 3. The van der Waals surface area contributed by atoms with Crippen LogP contribution in [0.4, 0.5) is 0 Å². The van der Waals surface area contributed by atoms with Gasteiger partial charge in [-0.3, -0.25) is 0 Å². The van der Waals surface area contributed by atoms with Crippen LogP contribution in [0.25, 0.3) is 22.3 Å². The molecule has 250 valence electrons. The molecule has 5 heteroatoms. The van der Waals surface area contributed by atoms with Crippen LogP contribution < -0.4 is 0 Å². The molecule has 0 atom stereocenters. The Morgan fingerprint density at radius 3 is 0.915 bits per heavy atom. The summed E-state index contributed by atoms with van der Waals surface area (Å²) in [5.41, 5.74) is 9.25. The predicted molar refractivity (Wildman–Crippen MR) is 197 cm³/mol. The van der Waals surface area contributed by atoms with Crippen molar-refractivity contribution in [3.63, 3.8) is 0 Å². The van der Waals surface area contributed by atoms with Crippen LogP contribution in [0, 0.1) is 72.7 Å². The van der Waals surface area contributed by atoms with Gasteiger partial charge in [0, 0.05) is 65.4 Å². The Kier molecular flexibility index (Phi) is 36.1. The first kappa shape index (κ1) is 51.9. The molecule has 1 aromatic heterocycles. The average Bonchev–Trinajstić information content (AvgIpc) is 3.06. The molecule has 47 heavy (non-hydrogen) atoms. The molecule has 0 fully saturated rings. The van der Waals surface area contributed by atoms with Crippen molar-refractivity contribution >= 4 is 0 Å². The molecule has 0 amide bonds. The Morgan fingerprint density at radius 2 is 0.681 bits per heavy atom. The van der Waals surface area contributed by atoms with Crippen molar-refractivity contribution in [1.82, 2.24) is 15.0 Å². The Morgan fingerprint density at radius 1 is 0.383 bits per heavy atom. The molecule has 0 unspecified atom stereocenters. The monoisotopic (exact) mass is 781 g/mol. The molecule has 5 rings (SSSR count). The van der Waals surface area contributed by atoms with E-state index in [4.69, 9.17) is 0 Å². The largest absolute Gasteiger partial charge is 0.226 e. The average molecular weight is 782 g/mol. The molecular formula is C42H57N3Y2-4. The van der Waals surface area contributed by atoms with Crippen molar-refractivity contribution in [2.75, 3.05) is 0 Å². The van der Waals surface area contributed by atoms with Gasteiger partial charge in [0.15, 0.2) is 0 Å².